The van der Waals surface area contributed by atoms with Crippen LogP contribution in [0.5, 0.6) is 5.75 Å². The SMILES string of the molecule is CN=C(NCc1cccc(OC(F)F)c1)N1CCC2(CCCC2)C1. The topological polar surface area (TPSA) is 36.9 Å². The van der Waals surface area contributed by atoms with Gasteiger partial charge in [-0.3, -0.25) is 4.99 Å². The summed E-state index contributed by atoms with van der Waals surface area (Å²) < 4.78 is 29.1. The van der Waals surface area contributed by atoms with Gasteiger partial charge in [-0.1, -0.05) is 25.0 Å². The van der Waals surface area contributed by atoms with Gasteiger partial charge in [0.15, 0.2) is 5.96 Å². The first-order valence-electron chi connectivity index (χ1n) is 8.60. The van der Waals surface area contributed by atoms with Crippen LogP contribution in [-0.2, 0) is 6.54 Å². The van der Waals surface area contributed by atoms with E-state index in [0.29, 0.717) is 12.0 Å². The van der Waals surface area contributed by atoms with Crippen LogP contribution in [0.4, 0.5) is 8.78 Å². The van der Waals surface area contributed by atoms with Gasteiger partial charge in [0.05, 0.1) is 0 Å². The maximum Gasteiger partial charge on any atom is 0.387 e. The van der Waals surface area contributed by atoms with Crippen molar-refractivity contribution in [1.82, 2.24) is 10.2 Å². The van der Waals surface area contributed by atoms with Gasteiger partial charge in [0.25, 0.3) is 0 Å². The summed E-state index contributed by atoms with van der Waals surface area (Å²) in [4.78, 5) is 6.71. The molecule has 0 aromatic heterocycles. The summed E-state index contributed by atoms with van der Waals surface area (Å²) in [6.07, 6.45) is 6.58. The molecule has 1 saturated carbocycles. The van der Waals surface area contributed by atoms with Crippen molar-refractivity contribution in [2.45, 2.75) is 45.3 Å². The lowest BCUT2D eigenvalue weighted by atomic mass is 9.86. The highest BCUT2D eigenvalue weighted by Gasteiger charge is 2.41. The van der Waals surface area contributed by atoms with E-state index in [1.807, 2.05) is 6.07 Å². The molecule has 1 saturated heterocycles. The fourth-order valence-corrected chi connectivity index (χ4v) is 3.99. The smallest absolute Gasteiger partial charge is 0.387 e. The van der Waals surface area contributed by atoms with Crippen LogP contribution in [0, 0.1) is 5.41 Å². The molecule has 2 aliphatic rings. The summed E-state index contributed by atoms with van der Waals surface area (Å²) in [5, 5.41) is 3.35. The Kier molecular flexibility index (Phi) is 5.21. The standard InChI is InChI=1S/C18H25F2N3O/c1-21-17(23-10-9-18(13-23)7-2-3-8-18)22-12-14-5-4-6-15(11-14)24-16(19)20/h4-6,11,16H,2-3,7-10,12-13H2,1H3,(H,21,22). The molecular weight excluding hydrogens is 312 g/mol. The van der Waals surface area contributed by atoms with Gasteiger partial charge < -0.3 is 15.0 Å². The van der Waals surface area contributed by atoms with Gasteiger partial charge in [-0.2, -0.15) is 8.78 Å². The van der Waals surface area contributed by atoms with E-state index >= 15 is 0 Å². The summed E-state index contributed by atoms with van der Waals surface area (Å²) >= 11 is 0. The molecule has 0 radical (unpaired) electrons. The maximum absolute atomic E-state index is 12.3. The lowest BCUT2D eigenvalue weighted by Crippen LogP contribution is -2.40. The Morgan fingerprint density at radius 2 is 2.12 bits per heavy atom. The molecule has 3 rings (SSSR count). The number of hydrogen-bond donors (Lipinski definition) is 1. The fourth-order valence-electron chi connectivity index (χ4n) is 3.99. The molecule has 0 unspecified atom stereocenters. The third kappa shape index (κ3) is 3.97. The Balaban J connectivity index is 1.57. The Morgan fingerprint density at radius 1 is 1.33 bits per heavy atom. The molecule has 6 heteroatoms. The van der Waals surface area contributed by atoms with Gasteiger partial charge >= 0.3 is 6.61 Å². The van der Waals surface area contributed by atoms with Gasteiger partial charge in [-0.15, -0.1) is 0 Å². The van der Waals surface area contributed by atoms with Crippen molar-refractivity contribution in [3.05, 3.63) is 29.8 Å². The van der Waals surface area contributed by atoms with Crippen molar-refractivity contribution in [2.75, 3.05) is 20.1 Å². The van der Waals surface area contributed by atoms with E-state index in [-0.39, 0.29) is 5.75 Å². The predicted molar refractivity (Wildman–Crippen MR) is 90.4 cm³/mol. The van der Waals surface area contributed by atoms with Crippen molar-refractivity contribution in [3.63, 3.8) is 0 Å². The highest BCUT2D eigenvalue weighted by atomic mass is 19.3. The van der Waals surface area contributed by atoms with Crippen molar-refractivity contribution in [2.24, 2.45) is 10.4 Å². The molecule has 1 aromatic carbocycles. The van der Waals surface area contributed by atoms with E-state index in [0.717, 1.165) is 24.6 Å². The molecule has 1 spiro atoms. The summed E-state index contributed by atoms with van der Waals surface area (Å²) in [6, 6.07) is 6.78. The summed E-state index contributed by atoms with van der Waals surface area (Å²) in [5.74, 6) is 1.07. The number of halogens is 2. The molecular formula is C18H25F2N3O. The fraction of sp³-hybridized carbons (Fsp3) is 0.611. The molecule has 4 nitrogen and oxygen atoms in total. The first-order valence-corrected chi connectivity index (χ1v) is 8.60. The number of alkyl halides is 2. The average Bonchev–Trinajstić information content (AvgIpc) is 3.18. The van der Waals surface area contributed by atoms with Crippen LogP contribution < -0.4 is 10.1 Å². The van der Waals surface area contributed by atoms with Crippen LogP contribution in [0.15, 0.2) is 29.3 Å². The van der Waals surface area contributed by atoms with E-state index in [1.165, 1.54) is 38.2 Å². The monoisotopic (exact) mass is 337 g/mol. The van der Waals surface area contributed by atoms with Gasteiger partial charge in [-0.05, 0) is 42.4 Å². The van der Waals surface area contributed by atoms with Gasteiger partial charge in [-0.25, -0.2) is 0 Å². The lowest BCUT2D eigenvalue weighted by Gasteiger charge is -2.26. The summed E-state index contributed by atoms with van der Waals surface area (Å²) in [5.41, 5.74) is 1.38. The zero-order valence-electron chi connectivity index (χ0n) is 14.1. The van der Waals surface area contributed by atoms with Crippen LogP contribution in [0.3, 0.4) is 0 Å². The molecule has 2 fully saturated rings. The van der Waals surface area contributed by atoms with E-state index in [2.05, 4.69) is 19.9 Å². The normalized spacial score (nSPS) is 20.2. The zero-order valence-corrected chi connectivity index (χ0v) is 14.1. The van der Waals surface area contributed by atoms with Crippen LogP contribution in [-0.4, -0.2) is 37.6 Å². The molecule has 1 aromatic rings. The number of likely N-dealkylation sites (tertiary alicyclic amines) is 1. The number of benzene rings is 1. The van der Waals surface area contributed by atoms with Crippen LogP contribution >= 0.6 is 0 Å². The number of guanidine groups is 1. The number of hydrogen-bond acceptors (Lipinski definition) is 2. The van der Waals surface area contributed by atoms with E-state index in [1.54, 1.807) is 19.2 Å². The molecule has 132 valence electrons. The predicted octanol–water partition coefficient (Wildman–Crippen LogP) is 3.63. The van der Waals surface area contributed by atoms with E-state index in [4.69, 9.17) is 0 Å². The molecule has 0 amide bonds. The second-order valence-corrected chi connectivity index (χ2v) is 6.81. The first kappa shape index (κ1) is 17.0. The Bertz CT molecular complexity index is 585. The third-order valence-corrected chi connectivity index (χ3v) is 5.19. The molecule has 0 bridgehead atoms. The van der Waals surface area contributed by atoms with Crippen LogP contribution in [0.1, 0.15) is 37.7 Å². The Labute approximate surface area is 141 Å². The zero-order chi connectivity index (χ0) is 17.0. The highest BCUT2D eigenvalue weighted by Crippen LogP contribution is 2.45. The third-order valence-electron chi connectivity index (χ3n) is 5.19. The van der Waals surface area contributed by atoms with Crippen LogP contribution in [0.25, 0.3) is 0 Å². The highest BCUT2D eigenvalue weighted by molar-refractivity contribution is 5.80. The van der Waals surface area contributed by atoms with Gasteiger partial charge in [0.1, 0.15) is 5.75 Å². The van der Waals surface area contributed by atoms with Crippen molar-refractivity contribution in [3.8, 4) is 5.75 Å². The maximum atomic E-state index is 12.3. The van der Waals surface area contributed by atoms with E-state index < -0.39 is 6.61 Å². The molecule has 0 atom stereocenters. The summed E-state index contributed by atoms with van der Waals surface area (Å²) in [7, 11) is 1.79. The average molecular weight is 337 g/mol. The number of ether oxygens (including phenoxy) is 1. The number of nitrogens with zero attached hydrogens (tertiary/aromatic N) is 2. The minimum absolute atomic E-state index is 0.186. The molecule has 1 aliphatic heterocycles. The summed E-state index contributed by atoms with van der Waals surface area (Å²) in [6.45, 7) is -0.153. The second-order valence-electron chi connectivity index (χ2n) is 6.81. The number of rotatable bonds is 4. The molecule has 1 N–H and O–H groups in total. The lowest BCUT2D eigenvalue weighted by molar-refractivity contribution is -0.0498. The molecule has 24 heavy (non-hydrogen) atoms. The number of nitrogens with one attached hydrogen (secondary N) is 1. The van der Waals surface area contributed by atoms with Gasteiger partial charge in [0.2, 0.25) is 0 Å². The quantitative estimate of drug-likeness (QED) is 0.673. The number of aliphatic imine (C=N–C) groups is 1. The van der Waals surface area contributed by atoms with Crippen molar-refractivity contribution < 1.29 is 13.5 Å². The Hall–Kier alpha value is -1.85. The molecule has 1 heterocycles. The van der Waals surface area contributed by atoms with Crippen molar-refractivity contribution >= 4 is 5.96 Å². The van der Waals surface area contributed by atoms with Crippen molar-refractivity contribution in [1.29, 1.82) is 0 Å². The second kappa shape index (κ2) is 7.36. The van der Waals surface area contributed by atoms with Gasteiger partial charge in [0, 0.05) is 26.7 Å². The first-order chi connectivity index (χ1) is 11.6. The Morgan fingerprint density at radius 3 is 2.83 bits per heavy atom. The van der Waals surface area contributed by atoms with Crippen LogP contribution in [0.2, 0.25) is 0 Å². The minimum atomic E-state index is -2.80. The largest absolute Gasteiger partial charge is 0.435 e. The van der Waals surface area contributed by atoms with E-state index in [9.17, 15) is 8.78 Å². The minimum Gasteiger partial charge on any atom is -0.435 e. The molecule has 1 aliphatic carbocycles.